The molecule has 2 rings (SSSR count). The molecule has 0 aromatic heterocycles. The molecule has 1 aromatic carbocycles. The molecule has 1 fully saturated rings. The largest absolute Gasteiger partial charge is 0.294 e. The first kappa shape index (κ1) is 15.5. The van der Waals surface area contributed by atoms with E-state index in [1.165, 1.54) is 25.7 Å². The van der Waals surface area contributed by atoms with Crippen LogP contribution >= 0.6 is 11.6 Å². The van der Waals surface area contributed by atoms with Gasteiger partial charge in [0.2, 0.25) is 0 Å². The first-order valence-corrected chi connectivity index (χ1v) is 7.88. The summed E-state index contributed by atoms with van der Waals surface area (Å²) in [7, 11) is 2.08. The van der Waals surface area contributed by atoms with Gasteiger partial charge in [0.25, 0.3) is 0 Å². The van der Waals surface area contributed by atoms with Gasteiger partial charge in [-0.1, -0.05) is 43.5 Å². The molecule has 0 saturated heterocycles. The van der Waals surface area contributed by atoms with Crippen LogP contribution in [0.15, 0.2) is 24.3 Å². The van der Waals surface area contributed by atoms with Gasteiger partial charge in [-0.05, 0) is 44.9 Å². The van der Waals surface area contributed by atoms with Crippen LogP contribution in [0.1, 0.15) is 49.9 Å². The molecule has 1 aromatic rings. The number of benzene rings is 1. The van der Waals surface area contributed by atoms with E-state index in [9.17, 15) is 4.79 Å². The Morgan fingerprint density at radius 3 is 2.80 bits per heavy atom. The average Bonchev–Trinajstić information content (AvgIpc) is 2.45. The number of carbonyl (C=O) groups excluding carboxylic acids is 1. The molecule has 3 heteroatoms. The fourth-order valence-electron chi connectivity index (χ4n) is 3.16. The number of Topliss-reactive ketones (excluding diaryl/α,β-unsaturated/α-hetero) is 1. The molecule has 0 aliphatic heterocycles. The van der Waals surface area contributed by atoms with Crippen molar-refractivity contribution in [3.8, 4) is 0 Å². The number of hydrogen-bond donors (Lipinski definition) is 0. The van der Waals surface area contributed by atoms with Gasteiger partial charge in [-0.3, -0.25) is 9.69 Å². The zero-order chi connectivity index (χ0) is 14.7. The molecule has 3 unspecified atom stereocenters. The van der Waals surface area contributed by atoms with Gasteiger partial charge < -0.3 is 0 Å². The zero-order valence-electron chi connectivity index (χ0n) is 12.6. The number of nitrogens with zero attached hydrogens (tertiary/aromatic N) is 1. The van der Waals surface area contributed by atoms with Crippen LogP contribution in [0.4, 0.5) is 0 Å². The highest BCUT2D eigenvalue weighted by atomic mass is 35.5. The van der Waals surface area contributed by atoms with Crippen LogP contribution in [0.25, 0.3) is 0 Å². The molecule has 0 N–H and O–H groups in total. The Bertz CT molecular complexity index is 474. The standard InChI is InChI=1S/C17H24ClNO/c1-12-6-4-9-16(10-12)19(3)13(2)17(20)14-7-5-8-15(18)11-14/h5,7-8,11-13,16H,4,6,9-10H2,1-3H3. The molecule has 1 aliphatic rings. The zero-order valence-corrected chi connectivity index (χ0v) is 13.4. The summed E-state index contributed by atoms with van der Waals surface area (Å²) >= 11 is 5.98. The van der Waals surface area contributed by atoms with Gasteiger partial charge in [0.1, 0.15) is 0 Å². The summed E-state index contributed by atoms with van der Waals surface area (Å²) in [5, 5.41) is 0.622. The fourth-order valence-corrected chi connectivity index (χ4v) is 3.35. The molecule has 2 nitrogen and oxygen atoms in total. The van der Waals surface area contributed by atoms with E-state index in [2.05, 4.69) is 18.9 Å². The molecule has 110 valence electrons. The van der Waals surface area contributed by atoms with E-state index in [-0.39, 0.29) is 11.8 Å². The van der Waals surface area contributed by atoms with Crippen LogP contribution < -0.4 is 0 Å². The van der Waals surface area contributed by atoms with E-state index >= 15 is 0 Å². The molecule has 20 heavy (non-hydrogen) atoms. The molecule has 1 aliphatic carbocycles. The summed E-state index contributed by atoms with van der Waals surface area (Å²) in [4.78, 5) is 14.8. The highest BCUT2D eigenvalue weighted by Gasteiger charge is 2.28. The van der Waals surface area contributed by atoms with Gasteiger partial charge in [-0.25, -0.2) is 0 Å². The molecule has 0 bridgehead atoms. The first-order chi connectivity index (χ1) is 9.49. The Balaban J connectivity index is 2.06. The van der Waals surface area contributed by atoms with Gasteiger partial charge in [0.15, 0.2) is 5.78 Å². The summed E-state index contributed by atoms with van der Waals surface area (Å²) in [6, 6.07) is 7.68. The minimum Gasteiger partial charge on any atom is -0.294 e. The smallest absolute Gasteiger partial charge is 0.179 e. The Morgan fingerprint density at radius 2 is 2.15 bits per heavy atom. The van der Waals surface area contributed by atoms with E-state index in [0.29, 0.717) is 16.6 Å². The van der Waals surface area contributed by atoms with Crippen molar-refractivity contribution >= 4 is 17.4 Å². The lowest BCUT2D eigenvalue weighted by molar-refractivity contribution is 0.0748. The SMILES string of the molecule is CC1CCCC(N(C)C(C)C(=O)c2cccc(Cl)c2)C1. The van der Waals surface area contributed by atoms with Crippen molar-refractivity contribution in [1.29, 1.82) is 0 Å². The molecule has 0 radical (unpaired) electrons. The third kappa shape index (κ3) is 3.62. The molecule has 1 saturated carbocycles. The van der Waals surface area contributed by atoms with Crippen molar-refractivity contribution in [3.63, 3.8) is 0 Å². The summed E-state index contributed by atoms with van der Waals surface area (Å²) in [5.41, 5.74) is 0.709. The normalized spacial score (nSPS) is 24.6. The van der Waals surface area contributed by atoms with Crippen LogP contribution in [0, 0.1) is 5.92 Å². The Kier molecular flexibility index (Phi) is 5.22. The van der Waals surface area contributed by atoms with Crippen LogP contribution in [-0.4, -0.2) is 29.8 Å². The predicted octanol–water partition coefficient (Wildman–Crippen LogP) is 4.42. The van der Waals surface area contributed by atoms with Crippen molar-refractivity contribution < 1.29 is 4.79 Å². The number of rotatable bonds is 4. The lowest BCUT2D eigenvalue weighted by Gasteiger charge is -2.37. The number of ketones is 1. The average molecular weight is 294 g/mol. The second-order valence-corrected chi connectivity index (χ2v) is 6.58. The predicted molar refractivity (Wildman–Crippen MR) is 84.4 cm³/mol. The minimum atomic E-state index is -0.0937. The number of hydrogen-bond acceptors (Lipinski definition) is 2. The summed E-state index contributed by atoms with van der Waals surface area (Å²) in [5.74, 6) is 0.929. The molecule has 3 atom stereocenters. The molecule has 0 spiro atoms. The van der Waals surface area contributed by atoms with Crippen molar-refractivity contribution in [3.05, 3.63) is 34.9 Å². The second kappa shape index (κ2) is 6.73. The Labute approximate surface area is 127 Å². The monoisotopic (exact) mass is 293 g/mol. The number of carbonyl (C=O) groups is 1. The maximum Gasteiger partial charge on any atom is 0.179 e. The van der Waals surface area contributed by atoms with Crippen molar-refractivity contribution in [2.24, 2.45) is 5.92 Å². The molecule has 0 heterocycles. The molecule has 0 amide bonds. The lowest BCUT2D eigenvalue weighted by Crippen LogP contribution is -2.44. The minimum absolute atomic E-state index is 0.0937. The Morgan fingerprint density at radius 1 is 1.40 bits per heavy atom. The van der Waals surface area contributed by atoms with Gasteiger partial charge in [-0.15, -0.1) is 0 Å². The second-order valence-electron chi connectivity index (χ2n) is 6.14. The maximum atomic E-state index is 12.6. The van der Waals surface area contributed by atoms with Crippen LogP contribution in [0.3, 0.4) is 0 Å². The molecular weight excluding hydrogens is 270 g/mol. The van der Waals surface area contributed by atoms with Crippen molar-refractivity contribution in [2.45, 2.75) is 51.6 Å². The number of likely N-dealkylation sites (N-methyl/N-ethyl adjacent to an activating group) is 1. The topological polar surface area (TPSA) is 20.3 Å². The third-order valence-corrected chi connectivity index (χ3v) is 4.82. The number of halogens is 1. The maximum absolute atomic E-state index is 12.6. The van der Waals surface area contributed by atoms with Gasteiger partial charge in [0, 0.05) is 16.6 Å². The quantitative estimate of drug-likeness (QED) is 0.766. The summed E-state index contributed by atoms with van der Waals surface area (Å²) < 4.78 is 0. The van der Waals surface area contributed by atoms with Gasteiger partial charge in [-0.2, -0.15) is 0 Å². The fraction of sp³-hybridized carbons (Fsp3) is 0.588. The molecular formula is C17H24ClNO. The van der Waals surface area contributed by atoms with E-state index in [0.717, 1.165) is 5.92 Å². The van der Waals surface area contributed by atoms with Crippen molar-refractivity contribution in [1.82, 2.24) is 4.90 Å². The van der Waals surface area contributed by atoms with Crippen molar-refractivity contribution in [2.75, 3.05) is 7.05 Å². The van der Waals surface area contributed by atoms with Crippen LogP contribution in [-0.2, 0) is 0 Å². The van der Waals surface area contributed by atoms with E-state index in [1.807, 2.05) is 19.1 Å². The van der Waals surface area contributed by atoms with Gasteiger partial charge in [0.05, 0.1) is 6.04 Å². The lowest BCUT2D eigenvalue weighted by atomic mass is 9.85. The highest BCUT2D eigenvalue weighted by Crippen LogP contribution is 2.28. The van der Waals surface area contributed by atoms with Crippen LogP contribution in [0.2, 0.25) is 5.02 Å². The highest BCUT2D eigenvalue weighted by molar-refractivity contribution is 6.31. The van der Waals surface area contributed by atoms with E-state index < -0.39 is 0 Å². The van der Waals surface area contributed by atoms with E-state index in [4.69, 9.17) is 11.6 Å². The van der Waals surface area contributed by atoms with E-state index in [1.54, 1.807) is 12.1 Å². The van der Waals surface area contributed by atoms with Crippen LogP contribution in [0.5, 0.6) is 0 Å². The van der Waals surface area contributed by atoms with Gasteiger partial charge >= 0.3 is 0 Å². The summed E-state index contributed by atoms with van der Waals surface area (Å²) in [6.07, 6.45) is 4.99. The first-order valence-electron chi connectivity index (χ1n) is 7.50. The summed E-state index contributed by atoms with van der Waals surface area (Å²) in [6.45, 7) is 4.31. The Hall–Kier alpha value is -0.860. The third-order valence-electron chi connectivity index (χ3n) is 4.58.